The van der Waals surface area contributed by atoms with Gasteiger partial charge in [-0.3, -0.25) is 4.79 Å². The quantitative estimate of drug-likeness (QED) is 0.686. The third kappa shape index (κ3) is 5.48. The number of alkyl halides is 5. The molecule has 0 radical (unpaired) electrons. The van der Waals surface area contributed by atoms with Crippen molar-refractivity contribution in [3.05, 3.63) is 35.9 Å². The van der Waals surface area contributed by atoms with E-state index in [9.17, 15) is 26.7 Å². The molecule has 0 aromatic heterocycles. The van der Waals surface area contributed by atoms with Crippen LogP contribution >= 0.6 is 11.8 Å². The van der Waals surface area contributed by atoms with Crippen LogP contribution in [0, 0.1) is 0 Å². The summed E-state index contributed by atoms with van der Waals surface area (Å²) in [5, 5.41) is -0.411. The molecule has 20 heavy (non-hydrogen) atoms. The average Bonchev–Trinajstić information content (AvgIpc) is 2.38. The van der Waals surface area contributed by atoms with Gasteiger partial charge in [-0.1, -0.05) is 42.1 Å². The van der Waals surface area contributed by atoms with E-state index in [0.29, 0.717) is 17.3 Å². The van der Waals surface area contributed by atoms with Crippen molar-refractivity contribution in [3.8, 4) is 0 Å². The topological polar surface area (TPSA) is 17.1 Å². The molecule has 1 atom stereocenters. The maximum absolute atomic E-state index is 13.2. The van der Waals surface area contributed by atoms with Gasteiger partial charge in [0.2, 0.25) is 11.5 Å². The van der Waals surface area contributed by atoms with Crippen LogP contribution in [-0.4, -0.2) is 29.4 Å². The first-order chi connectivity index (χ1) is 9.33. The third-order valence-corrected chi connectivity index (χ3v) is 3.43. The molecule has 1 aromatic rings. The van der Waals surface area contributed by atoms with Crippen molar-refractivity contribution in [2.45, 2.75) is 31.4 Å². The van der Waals surface area contributed by atoms with Gasteiger partial charge in [0.05, 0.1) is 0 Å². The van der Waals surface area contributed by atoms with Gasteiger partial charge in [-0.25, -0.2) is 22.0 Å². The highest BCUT2D eigenvalue weighted by molar-refractivity contribution is 8.14. The number of thioether (sulfide) groups is 1. The molecule has 1 rings (SSSR count). The molecule has 0 saturated heterocycles. The second-order valence-corrected chi connectivity index (χ2v) is 5.18. The largest absolute Gasteiger partial charge is 0.282 e. The van der Waals surface area contributed by atoms with Crippen LogP contribution in [0.5, 0.6) is 0 Å². The maximum Gasteiger partial charge on any atom is 0.279 e. The van der Waals surface area contributed by atoms with Gasteiger partial charge in [0.15, 0.2) is 6.17 Å². The van der Waals surface area contributed by atoms with Gasteiger partial charge in [-0.15, -0.1) is 0 Å². The molecule has 112 valence electrons. The first kappa shape index (κ1) is 16.9. The predicted octanol–water partition coefficient (Wildman–Crippen LogP) is 4.58. The number of hydrogen-bond donors (Lipinski definition) is 0. The third-order valence-electron chi connectivity index (χ3n) is 2.52. The summed E-state index contributed by atoms with van der Waals surface area (Å²) in [6.45, 7) is 0. The second kappa shape index (κ2) is 7.61. The minimum Gasteiger partial charge on any atom is -0.282 e. The summed E-state index contributed by atoms with van der Waals surface area (Å²) in [6, 6.07) is 8.02. The second-order valence-electron chi connectivity index (χ2n) is 4.11. The van der Waals surface area contributed by atoms with Gasteiger partial charge in [0, 0.05) is 24.2 Å². The fraction of sp³-hybridized carbons (Fsp3) is 0.462. The zero-order valence-corrected chi connectivity index (χ0v) is 11.2. The van der Waals surface area contributed by atoms with Crippen LogP contribution in [0.1, 0.15) is 23.2 Å². The molecule has 0 aliphatic rings. The molecule has 0 spiro atoms. The van der Waals surface area contributed by atoms with E-state index in [1.807, 2.05) is 0 Å². The zero-order valence-electron chi connectivity index (χ0n) is 10.4. The molecule has 1 nitrogen and oxygen atoms in total. The number of carbonyl (C=O) groups is 1. The average molecular weight is 312 g/mol. The van der Waals surface area contributed by atoms with Crippen molar-refractivity contribution in [3.63, 3.8) is 0 Å². The maximum atomic E-state index is 13.2. The summed E-state index contributed by atoms with van der Waals surface area (Å²) >= 11 is 0.620. The molecule has 7 heteroatoms. The Morgan fingerprint density at radius 2 is 1.75 bits per heavy atom. The molecule has 0 bridgehead atoms. The van der Waals surface area contributed by atoms with Crippen molar-refractivity contribution in [1.29, 1.82) is 0 Å². The fourth-order valence-corrected chi connectivity index (χ4v) is 2.29. The Balaban J connectivity index is 2.41. The lowest BCUT2D eigenvalue weighted by molar-refractivity contribution is -0.0913. The number of halogens is 5. The van der Waals surface area contributed by atoms with E-state index in [1.54, 1.807) is 18.2 Å². The van der Waals surface area contributed by atoms with Crippen LogP contribution in [0.2, 0.25) is 0 Å². The van der Waals surface area contributed by atoms with Crippen LogP contribution < -0.4 is 0 Å². The Kier molecular flexibility index (Phi) is 6.45. The zero-order chi connectivity index (χ0) is 15.2. The number of rotatable bonds is 7. The molecule has 1 unspecified atom stereocenters. The molecular weight excluding hydrogens is 299 g/mol. The lowest BCUT2D eigenvalue weighted by atomic mass is 10.1. The molecule has 1 aromatic carbocycles. The Morgan fingerprint density at radius 3 is 2.30 bits per heavy atom. The molecule has 0 N–H and O–H groups in total. The smallest absolute Gasteiger partial charge is 0.279 e. The minimum absolute atomic E-state index is 0.329. The van der Waals surface area contributed by atoms with E-state index in [0.717, 1.165) is 0 Å². The highest BCUT2D eigenvalue weighted by Crippen LogP contribution is 2.31. The van der Waals surface area contributed by atoms with Gasteiger partial charge in [-0.2, -0.15) is 0 Å². The molecule has 0 saturated carbocycles. The van der Waals surface area contributed by atoms with E-state index >= 15 is 0 Å². The van der Waals surface area contributed by atoms with Gasteiger partial charge >= 0.3 is 0 Å². The number of benzene rings is 1. The van der Waals surface area contributed by atoms with Gasteiger partial charge in [0.25, 0.3) is 5.92 Å². The summed E-state index contributed by atoms with van der Waals surface area (Å²) in [5.74, 6) is -4.18. The summed E-state index contributed by atoms with van der Waals surface area (Å²) in [4.78, 5) is 11.6. The Morgan fingerprint density at radius 1 is 1.15 bits per heavy atom. The van der Waals surface area contributed by atoms with Crippen molar-refractivity contribution < 1.29 is 26.7 Å². The summed E-state index contributed by atoms with van der Waals surface area (Å²) in [6.07, 6.45) is -8.46. The monoisotopic (exact) mass is 312 g/mol. The lowest BCUT2D eigenvalue weighted by Crippen LogP contribution is -2.32. The highest BCUT2D eigenvalue weighted by Gasteiger charge is 2.41. The lowest BCUT2D eigenvalue weighted by Gasteiger charge is -2.20. The van der Waals surface area contributed by atoms with Crippen LogP contribution in [0.3, 0.4) is 0 Å². The van der Waals surface area contributed by atoms with E-state index < -0.39 is 36.5 Å². The minimum atomic E-state index is -3.85. The van der Waals surface area contributed by atoms with E-state index in [4.69, 9.17) is 0 Å². The summed E-state index contributed by atoms with van der Waals surface area (Å²) in [5.41, 5.74) is 0.352. The highest BCUT2D eigenvalue weighted by atomic mass is 32.2. The SMILES string of the molecule is O=C(SCCC(F)(F)C(F)CC(F)F)c1ccccc1. The first-order valence-corrected chi connectivity index (χ1v) is 6.83. The van der Waals surface area contributed by atoms with Crippen molar-refractivity contribution in [1.82, 2.24) is 0 Å². The summed E-state index contributed by atoms with van der Waals surface area (Å²) in [7, 11) is 0. The standard InChI is InChI=1S/C13H13F5OS/c14-10(8-11(15)16)13(17,18)6-7-20-12(19)9-4-2-1-3-5-9/h1-5,10-11H,6-8H2. The van der Waals surface area contributed by atoms with Gasteiger partial charge in [0.1, 0.15) is 0 Å². The first-order valence-electron chi connectivity index (χ1n) is 5.85. The van der Waals surface area contributed by atoms with Crippen molar-refractivity contribution in [2.75, 3.05) is 5.75 Å². The van der Waals surface area contributed by atoms with Crippen LogP contribution in [0.15, 0.2) is 30.3 Å². The Hall–Kier alpha value is -1.11. The molecule has 0 fully saturated rings. The predicted molar refractivity (Wildman–Crippen MR) is 68.3 cm³/mol. The van der Waals surface area contributed by atoms with E-state index in [-0.39, 0.29) is 5.75 Å². The molecule has 0 aliphatic carbocycles. The Labute approximate surface area is 117 Å². The van der Waals surface area contributed by atoms with Crippen molar-refractivity contribution in [2.24, 2.45) is 0 Å². The molecular formula is C13H13F5OS. The molecule has 0 heterocycles. The summed E-state index contributed by atoms with van der Waals surface area (Å²) < 4.78 is 63.1. The van der Waals surface area contributed by atoms with E-state index in [1.165, 1.54) is 12.1 Å². The van der Waals surface area contributed by atoms with E-state index in [2.05, 4.69) is 0 Å². The number of hydrogen-bond acceptors (Lipinski definition) is 2. The molecule has 0 amide bonds. The molecule has 0 aliphatic heterocycles. The van der Waals surface area contributed by atoms with Crippen LogP contribution in [0.4, 0.5) is 22.0 Å². The normalized spacial score (nSPS) is 13.5. The number of carbonyl (C=O) groups excluding carboxylic acids is 1. The fourth-order valence-electron chi connectivity index (χ4n) is 1.42. The van der Waals surface area contributed by atoms with Crippen LogP contribution in [0.25, 0.3) is 0 Å². The Bertz CT molecular complexity index is 424. The van der Waals surface area contributed by atoms with Gasteiger partial charge < -0.3 is 0 Å². The van der Waals surface area contributed by atoms with Crippen molar-refractivity contribution >= 4 is 16.9 Å². The van der Waals surface area contributed by atoms with Gasteiger partial charge in [-0.05, 0) is 0 Å². The van der Waals surface area contributed by atoms with Crippen LogP contribution in [-0.2, 0) is 0 Å².